The highest BCUT2D eigenvalue weighted by Crippen LogP contribution is 2.51. The van der Waals surface area contributed by atoms with Crippen LogP contribution in [0.3, 0.4) is 0 Å². The van der Waals surface area contributed by atoms with Gasteiger partial charge in [0.25, 0.3) is 0 Å². The zero-order valence-electron chi connectivity index (χ0n) is 12.2. The first kappa shape index (κ1) is 16.9. The molecule has 106 valence electrons. The van der Waals surface area contributed by atoms with Gasteiger partial charge in [0, 0.05) is 0 Å². The van der Waals surface area contributed by atoms with Gasteiger partial charge in [0.2, 0.25) is 0 Å². The molecule has 0 aliphatic carbocycles. The zero-order valence-corrected chi connectivity index (χ0v) is 12.2. The maximum atomic E-state index is 12.3. The number of esters is 1. The minimum atomic E-state index is -1.04. The van der Waals surface area contributed by atoms with Crippen LogP contribution in [0.25, 0.3) is 0 Å². The molecule has 1 N–H and O–H groups in total. The lowest BCUT2D eigenvalue weighted by Gasteiger charge is -2.44. The van der Waals surface area contributed by atoms with E-state index in [2.05, 4.69) is 0 Å². The first-order valence-electron chi connectivity index (χ1n) is 6.82. The number of carbonyl (C=O) groups is 2. The van der Waals surface area contributed by atoms with Crippen molar-refractivity contribution >= 4 is 11.9 Å². The molecular weight excluding hydrogens is 232 g/mol. The Bertz CT molecular complexity index is 288. The van der Waals surface area contributed by atoms with Crippen LogP contribution in [-0.4, -0.2) is 23.7 Å². The monoisotopic (exact) mass is 258 g/mol. The van der Waals surface area contributed by atoms with Gasteiger partial charge >= 0.3 is 11.9 Å². The number of hydrogen-bond acceptors (Lipinski definition) is 3. The Labute approximate surface area is 110 Å². The Morgan fingerprint density at radius 1 is 0.889 bits per heavy atom. The van der Waals surface area contributed by atoms with E-state index in [1.807, 2.05) is 27.7 Å². The van der Waals surface area contributed by atoms with E-state index < -0.39 is 16.8 Å². The number of ether oxygens (including phenoxy) is 1. The fraction of sp³-hybridized carbons (Fsp3) is 0.857. The molecule has 0 rings (SSSR count). The predicted octanol–water partition coefficient (Wildman–Crippen LogP) is 3.25. The number of aliphatic carboxylic acids is 1. The van der Waals surface area contributed by atoms with E-state index in [-0.39, 0.29) is 12.6 Å². The minimum absolute atomic E-state index is 0.281. The standard InChI is InChI=1S/C14H26O4/c1-6-13(7-2,11(15)16)14(8-3,9-4)12(17)18-10-5/h6-10H2,1-5H3,(H,15,16). The van der Waals surface area contributed by atoms with E-state index in [1.165, 1.54) is 0 Å². The third kappa shape index (κ3) is 2.38. The summed E-state index contributed by atoms with van der Waals surface area (Å²) in [6.07, 6.45) is 1.82. The summed E-state index contributed by atoms with van der Waals surface area (Å²) in [7, 11) is 0. The number of carboxylic acids is 1. The highest BCUT2D eigenvalue weighted by molar-refractivity contribution is 5.87. The summed E-state index contributed by atoms with van der Waals surface area (Å²) < 4.78 is 5.15. The van der Waals surface area contributed by atoms with E-state index in [4.69, 9.17) is 4.74 Å². The fourth-order valence-corrected chi connectivity index (χ4v) is 3.11. The largest absolute Gasteiger partial charge is 0.481 e. The molecule has 0 saturated heterocycles. The molecule has 18 heavy (non-hydrogen) atoms. The van der Waals surface area contributed by atoms with Crippen molar-refractivity contribution in [3.8, 4) is 0 Å². The van der Waals surface area contributed by atoms with Crippen molar-refractivity contribution < 1.29 is 19.4 Å². The van der Waals surface area contributed by atoms with Crippen molar-refractivity contribution in [3.63, 3.8) is 0 Å². The van der Waals surface area contributed by atoms with Crippen molar-refractivity contribution in [3.05, 3.63) is 0 Å². The van der Waals surface area contributed by atoms with Crippen molar-refractivity contribution in [1.29, 1.82) is 0 Å². The van der Waals surface area contributed by atoms with E-state index in [0.29, 0.717) is 25.7 Å². The molecule has 0 aromatic carbocycles. The van der Waals surface area contributed by atoms with E-state index in [1.54, 1.807) is 6.92 Å². The lowest BCUT2D eigenvalue weighted by Crippen LogP contribution is -2.52. The fourth-order valence-electron chi connectivity index (χ4n) is 3.11. The summed E-state index contributed by atoms with van der Waals surface area (Å²) in [5.41, 5.74) is -1.97. The molecule has 0 radical (unpaired) electrons. The highest BCUT2D eigenvalue weighted by Gasteiger charge is 2.57. The average molecular weight is 258 g/mol. The van der Waals surface area contributed by atoms with Gasteiger partial charge in [-0.25, -0.2) is 0 Å². The van der Waals surface area contributed by atoms with Gasteiger partial charge in [0.05, 0.1) is 17.4 Å². The van der Waals surface area contributed by atoms with Gasteiger partial charge in [0.15, 0.2) is 0 Å². The van der Waals surface area contributed by atoms with Crippen molar-refractivity contribution in [2.24, 2.45) is 10.8 Å². The van der Waals surface area contributed by atoms with E-state index in [0.717, 1.165) is 0 Å². The molecule has 4 heteroatoms. The van der Waals surface area contributed by atoms with Crippen LogP contribution in [0.1, 0.15) is 60.3 Å². The lowest BCUT2D eigenvalue weighted by atomic mass is 9.57. The molecule has 0 amide bonds. The second kappa shape index (κ2) is 6.76. The molecular formula is C14H26O4. The SMILES string of the molecule is CCOC(=O)C(CC)(CC)C(CC)(CC)C(=O)O. The molecule has 0 heterocycles. The molecule has 0 aromatic heterocycles. The van der Waals surface area contributed by atoms with E-state index in [9.17, 15) is 14.7 Å². The topological polar surface area (TPSA) is 63.6 Å². The summed E-state index contributed by atoms with van der Waals surface area (Å²) >= 11 is 0. The second-order valence-electron chi connectivity index (χ2n) is 4.60. The van der Waals surface area contributed by atoms with Gasteiger partial charge in [-0.15, -0.1) is 0 Å². The number of rotatable bonds is 8. The van der Waals surface area contributed by atoms with E-state index >= 15 is 0 Å². The molecule has 0 saturated carbocycles. The van der Waals surface area contributed by atoms with Crippen LogP contribution in [0.2, 0.25) is 0 Å². The van der Waals surface area contributed by atoms with Gasteiger partial charge in [0.1, 0.15) is 0 Å². The van der Waals surface area contributed by atoms with Crippen molar-refractivity contribution in [2.45, 2.75) is 60.3 Å². The molecule has 0 fully saturated rings. The van der Waals surface area contributed by atoms with Gasteiger partial charge < -0.3 is 9.84 Å². The summed E-state index contributed by atoms with van der Waals surface area (Å²) in [4.78, 5) is 24.1. The second-order valence-corrected chi connectivity index (χ2v) is 4.60. The van der Waals surface area contributed by atoms with Crippen molar-refractivity contribution in [1.82, 2.24) is 0 Å². The zero-order chi connectivity index (χ0) is 14.4. The number of carboxylic acid groups (broad SMARTS) is 1. The normalized spacial score (nSPS) is 12.3. The van der Waals surface area contributed by atoms with Crippen LogP contribution in [-0.2, 0) is 14.3 Å². The van der Waals surface area contributed by atoms with Crippen LogP contribution in [0.4, 0.5) is 0 Å². The third-order valence-electron chi connectivity index (χ3n) is 4.41. The molecule has 0 aromatic rings. The number of hydrogen-bond donors (Lipinski definition) is 1. The van der Waals surface area contributed by atoms with Crippen LogP contribution < -0.4 is 0 Å². The van der Waals surface area contributed by atoms with Crippen LogP contribution >= 0.6 is 0 Å². The molecule has 0 spiro atoms. The first-order chi connectivity index (χ1) is 8.42. The molecule has 0 bridgehead atoms. The molecule has 4 nitrogen and oxygen atoms in total. The Morgan fingerprint density at radius 3 is 1.50 bits per heavy atom. The summed E-state index contributed by atoms with van der Waals surface area (Å²) in [5, 5.41) is 9.63. The Kier molecular flexibility index (Phi) is 6.36. The number of carbonyl (C=O) groups excluding carboxylic acids is 1. The van der Waals surface area contributed by atoms with Crippen LogP contribution in [0.5, 0.6) is 0 Å². The van der Waals surface area contributed by atoms with Gasteiger partial charge in [-0.3, -0.25) is 9.59 Å². The van der Waals surface area contributed by atoms with Crippen LogP contribution in [0.15, 0.2) is 0 Å². The summed E-state index contributed by atoms with van der Waals surface area (Å²) in [6, 6.07) is 0. The quantitative estimate of drug-likeness (QED) is 0.679. The highest BCUT2D eigenvalue weighted by atomic mass is 16.5. The molecule has 0 aliphatic rings. The van der Waals surface area contributed by atoms with Gasteiger partial charge in [-0.05, 0) is 32.6 Å². The van der Waals surface area contributed by atoms with Crippen molar-refractivity contribution in [2.75, 3.05) is 6.61 Å². The third-order valence-corrected chi connectivity index (χ3v) is 4.41. The first-order valence-corrected chi connectivity index (χ1v) is 6.82. The van der Waals surface area contributed by atoms with Crippen LogP contribution in [0, 0.1) is 10.8 Å². The average Bonchev–Trinajstić information content (AvgIpc) is 2.36. The Morgan fingerprint density at radius 2 is 1.28 bits per heavy atom. The minimum Gasteiger partial charge on any atom is -0.481 e. The predicted molar refractivity (Wildman–Crippen MR) is 70.3 cm³/mol. The maximum absolute atomic E-state index is 12.3. The summed E-state index contributed by atoms with van der Waals surface area (Å²) in [5.74, 6) is -1.27. The lowest BCUT2D eigenvalue weighted by molar-refractivity contribution is -0.180. The molecule has 0 unspecified atom stereocenters. The van der Waals surface area contributed by atoms with Gasteiger partial charge in [-0.2, -0.15) is 0 Å². The Balaban J connectivity index is 5.81. The maximum Gasteiger partial charge on any atom is 0.313 e. The Hall–Kier alpha value is -1.06. The molecule has 0 aliphatic heterocycles. The smallest absolute Gasteiger partial charge is 0.313 e. The van der Waals surface area contributed by atoms with Gasteiger partial charge in [-0.1, -0.05) is 27.7 Å². The summed E-state index contributed by atoms with van der Waals surface area (Å²) in [6.45, 7) is 9.42. The molecule has 0 atom stereocenters.